The second kappa shape index (κ2) is 7.04. The van der Waals surface area contributed by atoms with Gasteiger partial charge in [0.05, 0.1) is 12.0 Å². The minimum Gasteiger partial charge on any atom is -0.497 e. The van der Waals surface area contributed by atoms with E-state index < -0.39 is 0 Å². The Bertz CT molecular complexity index is 683. The van der Waals surface area contributed by atoms with Gasteiger partial charge in [-0.25, -0.2) is 0 Å². The molecule has 0 spiro atoms. The van der Waals surface area contributed by atoms with E-state index in [-0.39, 0.29) is 5.91 Å². The van der Waals surface area contributed by atoms with E-state index in [1.54, 1.807) is 18.4 Å². The third-order valence-electron chi connectivity index (χ3n) is 4.22. The third kappa shape index (κ3) is 3.85. The predicted molar refractivity (Wildman–Crippen MR) is 94.7 cm³/mol. The second-order valence-electron chi connectivity index (χ2n) is 5.92. The molecule has 1 saturated heterocycles. The number of amides is 1. The van der Waals surface area contributed by atoms with Gasteiger partial charge < -0.3 is 15.0 Å². The Kier molecular flexibility index (Phi) is 4.86. The Balaban J connectivity index is 1.52. The molecule has 2 aromatic rings. The normalized spacial score (nSPS) is 17.3. The molecule has 0 aliphatic carbocycles. The molecule has 5 heteroatoms. The van der Waals surface area contributed by atoms with Gasteiger partial charge in [-0.15, -0.1) is 11.3 Å². The summed E-state index contributed by atoms with van der Waals surface area (Å²) < 4.78 is 5.29. The average Bonchev–Trinajstić information content (AvgIpc) is 3.22. The van der Waals surface area contributed by atoms with Gasteiger partial charge >= 0.3 is 0 Å². The van der Waals surface area contributed by atoms with E-state index in [0.29, 0.717) is 5.92 Å². The number of carbonyl (C=O) groups is 1. The maximum absolute atomic E-state index is 12.1. The first kappa shape index (κ1) is 15.9. The summed E-state index contributed by atoms with van der Waals surface area (Å²) in [4.78, 5) is 16.4. The minimum atomic E-state index is 0.0444. The van der Waals surface area contributed by atoms with E-state index in [0.717, 1.165) is 36.7 Å². The van der Waals surface area contributed by atoms with E-state index in [2.05, 4.69) is 22.3 Å². The van der Waals surface area contributed by atoms with Crippen LogP contribution in [-0.4, -0.2) is 32.7 Å². The molecule has 1 aliphatic heterocycles. The summed E-state index contributed by atoms with van der Waals surface area (Å²) in [7, 11) is 1.69. The SMILES string of the molecule is COc1cccc(N2CC[C@@H](CNC(=O)c3ccc(C)s3)C2)c1. The average molecular weight is 330 g/mol. The molecule has 2 heterocycles. The van der Waals surface area contributed by atoms with Gasteiger partial charge in [-0.05, 0) is 43.5 Å². The van der Waals surface area contributed by atoms with Crippen LogP contribution in [0.1, 0.15) is 21.0 Å². The molecular formula is C18H22N2O2S. The van der Waals surface area contributed by atoms with Crippen molar-refractivity contribution in [1.29, 1.82) is 0 Å². The van der Waals surface area contributed by atoms with Gasteiger partial charge in [0.2, 0.25) is 0 Å². The fourth-order valence-electron chi connectivity index (χ4n) is 2.92. The van der Waals surface area contributed by atoms with E-state index in [1.807, 2.05) is 31.2 Å². The highest BCUT2D eigenvalue weighted by molar-refractivity contribution is 7.13. The lowest BCUT2D eigenvalue weighted by Gasteiger charge is -2.19. The smallest absolute Gasteiger partial charge is 0.261 e. The van der Waals surface area contributed by atoms with Gasteiger partial charge in [-0.2, -0.15) is 0 Å². The molecule has 1 aromatic heterocycles. The summed E-state index contributed by atoms with van der Waals surface area (Å²) in [6, 6.07) is 12.0. The van der Waals surface area contributed by atoms with Crippen molar-refractivity contribution in [1.82, 2.24) is 5.32 Å². The summed E-state index contributed by atoms with van der Waals surface area (Å²) >= 11 is 1.54. The highest BCUT2D eigenvalue weighted by Crippen LogP contribution is 2.26. The van der Waals surface area contributed by atoms with Gasteiger partial charge in [0.25, 0.3) is 5.91 Å². The van der Waals surface area contributed by atoms with E-state index >= 15 is 0 Å². The monoisotopic (exact) mass is 330 g/mol. The molecule has 1 aromatic carbocycles. The first-order chi connectivity index (χ1) is 11.2. The van der Waals surface area contributed by atoms with Gasteiger partial charge in [-0.3, -0.25) is 4.79 Å². The first-order valence-electron chi connectivity index (χ1n) is 7.89. The number of carbonyl (C=O) groups excluding carboxylic acids is 1. The quantitative estimate of drug-likeness (QED) is 0.914. The van der Waals surface area contributed by atoms with E-state index in [1.165, 1.54) is 10.6 Å². The lowest BCUT2D eigenvalue weighted by Crippen LogP contribution is -2.30. The van der Waals surface area contributed by atoms with Crippen LogP contribution in [0.15, 0.2) is 36.4 Å². The molecule has 1 fully saturated rings. The topological polar surface area (TPSA) is 41.6 Å². The molecule has 0 bridgehead atoms. The molecule has 1 atom stereocenters. The number of ether oxygens (including phenoxy) is 1. The molecule has 0 radical (unpaired) electrons. The van der Waals surface area contributed by atoms with Crippen molar-refractivity contribution in [3.05, 3.63) is 46.2 Å². The van der Waals surface area contributed by atoms with Crippen molar-refractivity contribution in [3.8, 4) is 5.75 Å². The number of hydrogen-bond donors (Lipinski definition) is 1. The number of thiophene rings is 1. The number of benzene rings is 1. The summed E-state index contributed by atoms with van der Waals surface area (Å²) in [6.45, 7) is 4.74. The Morgan fingerprint density at radius 2 is 2.26 bits per heavy atom. The molecule has 0 unspecified atom stereocenters. The number of methoxy groups -OCH3 is 1. The number of nitrogens with one attached hydrogen (secondary N) is 1. The zero-order valence-corrected chi connectivity index (χ0v) is 14.4. The van der Waals surface area contributed by atoms with Crippen LogP contribution in [0.4, 0.5) is 5.69 Å². The summed E-state index contributed by atoms with van der Waals surface area (Å²) in [6.07, 6.45) is 1.10. The largest absolute Gasteiger partial charge is 0.497 e. The van der Waals surface area contributed by atoms with Crippen LogP contribution < -0.4 is 15.0 Å². The highest BCUT2D eigenvalue weighted by atomic mass is 32.1. The van der Waals surface area contributed by atoms with Crippen LogP contribution in [0.25, 0.3) is 0 Å². The van der Waals surface area contributed by atoms with Crippen molar-refractivity contribution in [2.45, 2.75) is 13.3 Å². The summed E-state index contributed by atoms with van der Waals surface area (Å²) in [5.41, 5.74) is 1.19. The van der Waals surface area contributed by atoms with E-state index in [9.17, 15) is 4.79 Å². The van der Waals surface area contributed by atoms with Crippen molar-refractivity contribution in [2.75, 3.05) is 31.6 Å². The van der Waals surface area contributed by atoms with Crippen molar-refractivity contribution >= 4 is 22.9 Å². The van der Waals surface area contributed by atoms with Crippen LogP contribution in [0.3, 0.4) is 0 Å². The van der Waals surface area contributed by atoms with Gasteiger partial charge in [0, 0.05) is 36.3 Å². The number of anilines is 1. The fourth-order valence-corrected chi connectivity index (χ4v) is 3.71. The molecule has 1 amide bonds. The van der Waals surface area contributed by atoms with Crippen LogP contribution in [0.2, 0.25) is 0 Å². The molecule has 3 rings (SSSR count). The van der Waals surface area contributed by atoms with Gasteiger partial charge in [0.1, 0.15) is 5.75 Å². The van der Waals surface area contributed by atoms with Crippen LogP contribution >= 0.6 is 11.3 Å². The van der Waals surface area contributed by atoms with Crippen molar-refractivity contribution in [3.63, 3.8) is 0 Å². The van der Waals surface area contributed by atoms with Crippen LogP contribution in [0, 0.1) is 12.8 Å². The summed E-state index contributed by atoms with van der Waals surface area (Å²) in [5, 5.41) is 3.07. The molecule has 1 aliphatic rings. The van der Waals surface area contributed by atoms with Gasteiger partial charge in [-0.1, -0.05) is 6.07 Å². The fraction of sp³-hybridized carbons (Fsp3) is 0.389. The molecule has 0 saturated carbocycles. The second-order valence-corrected chi connectivity index (χ2v) is 7.21. The Labute approximate surface area is 141 Å². The Morgan fingerprint density at radius 3 is 3.00 bits per heavy atom. The number of aryl methyl sites for hydroxylation is 1. The zero-order valence-electron chi connectivity index (χ0n) is 13.5. The maximum atomic E-state index is 12.1. The molecule has 122 valence electrons. The van der Waals surface area contributed by atoms with E-state index in [4.69, 9.17) is 4.74 Å². The molecular weight excluding hydrogens is 308 g/mol. The Morgan fingerprint density at radius 1 is 1.39 bits per heavy atom. The third-order valence-corrected chi connectivity index (χ3v) is 5.22. The molecule has 4 nitrogen and oxygen atoms in total. The molecule has 23 heavy (non-hydrogen) atoms. The number of nitrogens with zero attached hydrogens (tertiary/aromatic N) is 1. The van der Waals surface area contributed by atoms with Crippen LogP contribution in [-0.2, 0) is 0 Å². The lowest BCUT2D eigenvalue weighted by molar-refractivity contribution is 0.0952. The van der Waals surface area contributed by atoms with Crippen molar-refractivity contribution < 1.29 is 9.53 Å². The van der Waals surface area contributed by atoms with Crippen molar-refractivity contribution in [2.24, 2.45) is 5.92 Å². The van der Waals surface area contributed by atoms with Crippen LogP contribution in [0.5, 0.6) is 5.75 Å². The van der Waals surface area contributed by atoms with Gasteiger partial charge in [0.15, 0.2) is 0 Å². The molecule has 1 N–H and O–H groups in total. The zero-order chi connectivity index (χ0) is 16.2. The standard InChI is InChI=1S/C18H22N2O2S/c1-13-6-7-17(23-13)18(21)19-11-14-8-9-20(12-14)15-4-3-5-16(10-15)22-2/h3-7,10,14H,8-9,11-12H2,1-2H3,(H,19,21)/t14-/m0/s1. The number of hydrogen-bond acceptors (Lipinski definition) is 4. The highest BCUT2D eigenvalue weighted by Gasteiger charge is 2.23. The first-order valence-corrected chi connectivity index (χ1v) is 8.71. The lowest BCUT2D eigenvalue weighted by atomic mass is 10.1. The maximum Gasteiger partial charge on any atom is 0.261 e. The number of rotatable bonds is 5. The summed E-state index contributed by atoms with van der Waals surface area (Å²) in [5.74, 6) is 1.42. The Hall–Kier alpha value is -2.01. The minimum absolute atomic E-state index is 0.0444. The predicted octanol–water partition coefficient (Wildman–Crippen LogP) is 3.32.